The Morgan fingerprint density at radius 2 is 1.73 bits per heavy atom. The number of unbranched alkanes of at least 4 members (excludes halogenated alkanes) is 1. The van der Waals surface area contributed by atoms with Gasteiger partial charge in [-0.15, -0.1) is 0 Å². The summed E-state index contributed by atoms with van der Waals surface area (Å²) in [7, 11) is 0. The molecule has 1 amide bonds. The second-order valence-electron chi connectivity index (χ2n) is 8.76. The van der Waals surface area contributed by atoms with E-state index >= 15 is 0 Å². The van der Waals surface area contributed by atoms with Gasteiger partial charge in [0, 0.05) is 22.6 Å². The Hall–Kier alpha value is -4.28. The van der Waals surface area contributed by atoms with Crippen molar-refractivity contribution in [1.29, 1.82) is 5.26 Å². The lowest BCUT2D eigenvalue weighted by atomic mass is 10.0. The summed E-state index contributed by atoms with van der Waals surface area (Å²) in [6, 6.07) is 21.5. The predicted octanol–water partition coefficient (Wildman–Crippen LogP) is 6.11. The first-order valence-corrected chi connectivity index (χ1v) is 12.3. The number of carboxylic acids is 1. The third kappa shape index (κ3) is 6.49. The number of halogens is 1. The number of benzene rings is 3. The standard InChI is InChI=1S/C29H25ClN4O3/c1-18(20-8-6-19(17-31)7-9-20)32-29(37)22-12-15-24-26(16-22)33-25(4-2-3-5-27(35)36)28(34-24)21-10-13-23(30)14-11-21/h6-16,18H,2-5H2,1H3,(H,32,37)(H,35,36)/t18-/m0/s1. The number of aromatic nitrogens is 2. The van der Waals surface area contributed by atoms with Gasteiger partial charge in [0.2, 0.25) is 0 Å². The maximum Gasteiger partial charge on any atom is 0.303 e. The lowest BCUT2D eigenvalue weighted by Gasteiger charge is -2.15. The number of hydrogen-bond acceptors (Lipinski definition) is 5. The molecule has 0 fully saturated rings. The van der Waals surface area contributed by atoms with Crippen LogP contribution in [0.5, 0.6) is 0 Å². The number of aryl methyl sites for hydroxylation is 1. The van der Waals surface area contributed by atoms with E-state index in [0.717, 1.165) is 16.8 Å². The summed E-state index contributed by atoms with van der Waals surface area (Å²) < 4.78 is 0. The van der Waals surface area contributed by atoms with Gasteiger partial charge in [0.05, 0.1) is 40.1 Å². The van der Waals surface area contributed by atoms with Crippen molar-refractivity contribution in [1.82, 2.24) is 15.3 Å². The van der Waals surface area contributed by atoms with E-state index in [4.69, 9.17) is 31.9 Å². The molecule has 0 saturated heterocycles. The summed E-state index contributed by atoms with van der Waals surface area (Å²) in [6.07, 6.45) is 1.83. The minimum Gasteiger partial charge on any atom is -0.481 e. The second-order valence-corrected chi connectivity index (χ2v) is 9.20. The molecule has 4 rings (SSSR count). The van der Waals surface area contributed by atoms with Crippen LogP contribution in [0.2, 0.25) is 5.02 Å². The molecule has 1 heterocycles. The fourth-order valence-corrected chi connectivity index (χ4v) is 4.15. The second kappa shape index (κ2) is 11.6. The molecule has 7 nitrogen and oxygen atoms in total. The highest BCUT2D eigenvalue weighted by Gasteiger charge is 2.16. The summed E-state index contributed by atoms with van der Waals surface area (Å²) in [5.74, 6) is -1.07. The zero-order valence-electron chi connectivity index (χ0n) is 20.2. The Morgan fingerprint density at radius 1 is 1.00 bits per heavy atom. The maximum absolute atomic E-state index is 13.0. The summed E-state index contributed by atoms with van der Waals surface area (Å²) in [6.45, 7) is 1.88. The number of carboxylic acid groups (broad SMARTS) is 1. The van der Waals surface area contributed by atoms with Gasteiger partial charge in [-0.3, -0.25) is 9.59 Å². The highest BCUT2D eigenvalue weighted by Crippen LogP contribution is 2.27. The van der Waals surface area contributed by atoms with Crippen LogP contribution in [0, 0.1) is 11.3 Å². The van der Waals surface area contributed by atoms with Gasteiger partial charge in [0.1, 0.15) is 0 Å². The molecule has 2 N–H and O–H groups in total. The molecule has 0 unspecified atom stereocenters. The SMILES string of the molecule is C[C@H](NC(=O)c1ccc2nc(-c3ccc(Cl)cc3)c(CCCCC(=O)O)nc2c1)c1ccc(C#N)cc1. The van der Waals surface area contributed by atoms with Crippen molar-refractivity contribution in [3.05, 3.63) is 94.1 Å². The van der Waals surface area contributed by atoms with Gasteiger partial charge in [-0.2, -0.15) is 5.26 Å². The van der Waals surface area contributed by atoms with Crippen molar-refractivity contribution < 1.29 is 14.7 Å². The van der Waals surface area contributed by atoms with Crippen LogP contribution in [0.4, 0.5) is 0 Å². The number of carbonyl (C=O) groups excluding carboxylic acids is 1. The number of nitriles is 1. The van der Waals surface area contributed by atoms with E-state index in [1.807, 2.05) is 31.2 Å². The average molecular weight is 513 g/mol. The molecule has 37 heavy (non-hydrogen) atoms. The monoisotopic (exact) mass is 512 g/mol. The van der Waals surface area contributed by atoms with Crippen molar-refractivity contribution in [3.63, 3.8) is 0 Å². The molecule has 0 saturated carbocycles. The largest absolute Gasteiger partial charge is 0.481 e. The molecule has 0 aliphatic carbocycles. The first kappa shape index (κ1) is 25.8. The van der Waals surface area contributed by atoms with E-state index in [1.54, 1.807) is 42.5 Å². The van der Waals surface area contributed by atoms with Crippen LogP contribution < -0.4 is 5.32 Å². The highest BCUT2D eigenvalue weighted by molar-refractivity contribution is 6.30. The quantitative estimate of drug-likeness (QED) is 0.261. The molecule has 8 heteroatoms. The Labute approximate surface area is 219 Å². The highest BCUT2D eigenvalue weighted by atomic mass is 35.5. The zero-order valence-corrected chi connectivity index (χ0v) is 21.0. The zero-order chi connectivity index (χ0) is 26.4. The Kier molecular flexibility index (Phi) is 8.11. The number of rotatable bonds is 9. The molecule has 1 atom stereocenters. The van der Waals surface area contributed by atoms with E-state index in [-0.39, 0.29) is 18.4 Å². The van der Waals surface area contributed by atoms with E-state index in [2.05, 4.69) is 11.4 Å². The third-order valence-corrected chi connectivity index (χ3v) is 6.31. The molecule has 0 aliphatic rings. The minimum atomic E-state index is -0.826. The van der Waals surface area contributed by atoms with Crippen LogP contribution in [0.15, 0.2) is 66.7 Å². The van der Waals surface area contributed by atoms with Gasteiger partial charge in [-0.25, -0.2) is 9.97 Å². The molecule has 0 spiro atoms. The van der Waals surface area contributed by atoms with Crippen LogP contribution in [0.25, 0.3) is 22.3 Å². The number of amides is 1. The van der Waals surface area contributed by atoms with Crippen LogP contribution in [0.3, 0.4) is 0 Å². The van der Waals surface area contributed by atoms with Crippen LogP contribution in [-0.2, 0) is 11.2 Å². The van der Waals surface area contributed by atoms with Gasteiger partial charge in [0.25, 0.3) is 5.91 Å². The first-order valence-electron chi connectivity index (χ1n) is 11.9. The topological polar surface area (TPSA) is 116 Å². The van der Waals surface area contributed by atoms with E-state index in [9.17, 15) is 9.59 Å². The van der Waals surface area contributed by atoms with Gasteiger partial charge < -0.3 is 10.4 Å². The number of nitrogens with one attached hydrogen (secondary N) is 1. The van der Waals surface area contributed by atoms with Crippen molar-refractivity contribution >= 4 is 34.5 Å². The normalized spacial score (nSPS) is 11.6. The van der Waals surface area contributed by atoms with Crippen molar-refractivity contribution in [2.24, 2.45) is 0 Å². The molecule has 4 aromatic rings. The number of carbonyl (C=O) groups is 2. The summed E-state index contributed by atoms with van der Waals surface area (Å²) in [5, 5.41) is 21.5. The van der Waals surface area contributed by atoms with Crippen LogP contribution in [0.1, 0.15) is 59.4 Å². The van der Waals surface area contributed by atoms with Crippen molar-refractivity contribution in [2.75, 3.05) is 0 Å². The maximum atomic E-state index is 13.0. The Balaban J connectivity index is 1.61. The van der Waals surface area contributed by atoms with E-state index in [1.165, 1.54) is 0 Å². The average Bonchev–Trinajstić information content (AvgIpc) is 2.90. The Morgan fingerprint density at radius 3 is 2.41 bits per heavy atom. The van der Waals surface area contributed by atoms with Gasteiger partial charge in [-0.1, -0.05) is 35.9 Å². The molecule has 3 aromatic carbocycles. The van der Waals surface area contributed by atoms with Crippen molar-refractivity contribution in [3.8, 4) is 17.3 Å². The summed E-state index contributed by atoms with van der Waals surface area (Å²) in [4.78, 5) is 33.6. The molecule has 0 bridgehead atoms. The third-order valence-electron chi connectivity index (χ3n) is 6.06. The minimum absolute atomic E-state index is 0.0963. The fraction of sp³-hybridized carbons (Fsp3) is 0.207. The fourth-order valence-electron chi connectivity index (χ4n) is 4.02. The first-order chi connectivity index (χ1) is 17.8. The van der Waals surface area contributed by atoms with Crippen LogP contribution in [-0.4, -0.2) is 27.0 Å². The van der Waals surface area contributed by atoms with Gasteiger partial charge in [-0.05, 0) is 74.2 Å². The molecule has 0 aliphatic heterocycles. The number of fused-ring (bicyclic) bond motifs is 1. The Bertz CT molecular complexity index is 1480. The van der Waals surface area contributed by atoms with Crippen LogP contribution >= 0.6 is 11.6 Å². The number of nitrogens with zero attached hydrogens (tertiary/aromatic N) is 3. The van der Waals surface area contributed by atoms with E-state index in [0.29, 0.717) is 52.1 Å². The van der Waals surface area contributed by atoms with Gasteiger partial charge in [0.15, 0.2) is 0 Å². The van der Waals surface area contributed by atoms with Gasteiger partial charge >= 0.3 is 5.97 Å². The predicted molar refractivity (Wildman–Crippen MR) is 142 cm³/mol. The molecular formula is C29H25ClN4O3. The number of hydrogen-bond donors (Lipinski definition) is 2. The van der Waals surface area contributed by atoms with Crippen molar-refractivity contribution in [2.45, 2.75) is 38.6 Å². The smallest absolute Gasteiger partial charge is 0.303 e. The summed E-state index contributed by atoms with van der Waals surface area (Å²) in [5.41, 5.74) is 5.47. The van der Waals surface area contributed by atoms with E-state index < -0.39 is 5.97 Å². The molecule has 186 valence electrons. The number of aliphatic carboxylic acids is 1. The summed E-state index contributed by atoms with van der Waals surface area (Å²) >= 11 is 6.06. The molecular weight excluding hydrogens is 488 g/mol. The lowest BCUT2D eigenvalue weighted by Crippen LogP contribution is -2.26. The lowest BCUT2D eigenvalue weighted by molar-refractivity contribution is -0.137. The molecule has 1 aromatic heterocycles. The molecule has 0 radical (unpaired) electrons.